The molecule has 0 saturated carbocycles. The van der Waals surface area contributed by atoms with Crippen LogP contribution in [0.15, 0.2) is 24.3 Å². The van der Waals surface area contributed by atoms with Gasteiger partial charge >= 0.3 is 5.97 Å². The summed E-state index contributed by atoms with van der Waals surface area (Å²) in [6, 6.07) is 6.26. The number of esters is 1. The van der Waals surface area contributed by atoms with Crippen molar-refractivity contribution in [1.29, 1.82) is 0 Å². The lowest BCUT2D eigenvalue weighted by atomic mass is 10.1. The first-order valence-corrected chi connectivity index (χ1v) is 8.61. The molecule has 2 aromatic rings. The second-order valence-corrected chi connectivity index (χ2v) is 7.00. The van der Waals surface area contributed by atoms with E-state index in [2.05, 4.69) is 5.32 Å². The third kappa shape index (κ3) is 4.37. The van der Waals surface area contributed by atoms with Crippen LogP contribution < -0.4 is 11.1 Å². The molecule has 0 fully saturated rings. The van der Waals surface area contributed by atoms with Crippen molar-refractivity contribution in [2.45, 2.75) is 26.9 Å². The molecule has 0 unspecified atom stereocenters. The van der Waals surface area contributed by atoms with Gasteiger partial charge in [0.1, 0.15) is 9.88 Å². The van der Waals surface area contributed by atoms with Crippen LogP contribution in [0.3, 0.4) is 0 Å². The Bertz CT molecular complexity index is 828. The molecule has 0 saturated heterocycles. The molecule has 0 bridgehead atoms. The summed E-state index contributed by atoms with van der Waals surface area (Å²) in [5.74, 6) is -1.74. The Morgan fingerprint density at radius 1 is 1.20 bits per heavy atom. The molecule has 0 aliphatic rings. The molecule has 1 heterocycles. The molecule has 132 valence electrons. The van der Waals surface area contributed by atoms with Crippen LogP contribution in [0.1, 0.15) is 49.8 Å². The summed E-state index contributed by atoms with van der Waals surface area (Å²) in [5, 5.41) is 3.33. The predicted octanol–water partition coefficient (Wildman–Crippen LogP) is 3.63. The quantitative estimate of drug-likeness (QED) is 0.774. The minimum Gasteiger partial charge on any atom is -0.459 e. The highest BCUT2D eigenvalue weighted by Crippen LogP contribution is 2.34. The summed E-state index contributed by atoms with van der Waals surface area (Å²) < 4.78 is 5.16. The number of nitrogens with one attached hydrogen (secondary N) is 1. The fourth-order valence-corrected chi connectivity index (χ4v) is 3.35. The zero-order chi connectivity index (χ0) is 18.7. The molecule has 8 heteroatoms. The normalized spacial score (nSPS) is 10.6. The highest BCUT2D eigenvalue weighted by atomic mass is 35.5. The number of hydrogen-bond donors (Lipinski definition) is 2. The van der Waals surface area contributed by atoms with Crippen molar-refractivity contribution in [2.75, 3.05) is 5.32 Å². The monoisotopic (exact) mass is 380 g/mol. The van der Waals surface area contributed by atoms with Crippen molar-refractivity contribution in [2.24, 2.45) is 5.73 Å². The van der Waals surface area contributed by atoms with Gasteiger partial charge in [-0.3, -0.25) is 9.59 Å². The van der Waals surface area contributed by atoms with E-state index in [1.807, 2.05) is 0 Å². The Kier molecular flexibility index (Phi) is 5.81. The van der Waals surface area contributed by atoms with Crippen molar-refractivity contribution in [1.82, 2.24) is 0 Å². The number of halogens is 1. The van der Waals surface area contributed by atoms with Crippen LogP contribution in [0.5, 0.6) is 0 Å². The fourth-order valence-electron chi connectivity index (χ4n) is 2.14. The average Bonchev–Trinajstić information content (AvgIpc) is 2.83. The Labute approximate surface area is 153 Å². The molecule has 1 aromatic carbocycles. The van der Waals surface area contributed by atoms with Crippen LogP contribution >= 0.6 is 22.9 Å². The first-order valence-electron chi connectivity index (χ1n) is 7.41. The summed E-state index contributed by atoms with van der Waals surface area (Å²) in [6.07, 6.45) is -0.307. The number of hydrogen-bond acceptors (Lipinski definition) is 5. The fraction of sp³-hybridized carbons (Fsp3) is 0.235. The van der Waals surface area contributed by atoms with Crippen molar-refractivity contribution in [3.05, 3.63) is 50.9 Å². The average molecular weight is 381 g/mol. The molecule has 0 atom stereocenters. The Morgan fingerprint density at radius 2 is 1.80 bits per heavy atom. The van der Waals surface area contributed by atoms with Crippen LogP contribution in [0.2, 0.25) is 5.02 Å². The smallest absolute Gasteiger partial charge is 0.348 e. The molecule has 1 aromatic heterocycles. The van der Waals surface area contributed by atoms with E-state index in [0.717, 1.165) is 11.3 Å². The van der Waals surface area contributed by atoms with Crippen molar-refractivity contribution in [3.8, 4) is 0 Å². The number of carbonyl (C=O) groups excluding carboxylic acids is 3. The number of primary amides is 1. The van der Waals surface area contributed by atoms with E-state index in [4.69, 9.17) is 22.1 Å². The minimum atomic E-state index is -0.733. The summed E-state index contributed by atoms with van der Waals surface area (Å²) in [5.41, 5.74) is 6.25. The lowest BCUT2D eigenvalue weighted by molar-refractivity contribution is 0.0383. The molecule has 25 heavy (non-hydrogen) atoms. The van der Waals surface area contributed by atoms with Gasteiger partial charge in [-0.1, -0.05) is 11.6 Å². The number of amides is 2. The van der Waals surface area contributed by atoms with Crippen LogP contribution in [0, 0.1) is 6.92 Å². The lowest BCUT2D eigenvalue weighted by Gasteiger charge is -2.06. The van der Waals surface area contributed by atoms with Crippen LogP contribution in [0.4, 0.5) is 5.00 Å². The number of anilines is 1. The molecule has 2 rings (SSSR count). The van der Waals surface area contributed by atoms with Crippen LogP contribution in [-0.2, 0) is 4.74 Å². The van der Waals surface area contributed by atoms with Gasteiger partial charge in [0.25, 0.3) is 11.8 Å². The molecule has 3 N–H and O–H groups in total. The maximum Gasteiger partial charge on any atom is 0.348 e. The molecule has 0 radical (unpaired) electrons. The minimum absolute atomic E-state index is 0.100. The number of rotatable bonds is 5. The van der Waals surface area contributed by atoms with Gasteiger partial charge in [-0.25, -0.2) is 4.79 Å². The van der Waals surface area contributed by atoms with Gasteiger partial charge in [0.2, 0.25) is 0 Å². The number of ether oxygens (including phenoxy) is 1. The van der Waals surface area contributed by atoms with Crippen LogP contribution in [0.25, 0.3) is 0 Å². The standard InChI is InChI=1S/C17H17ClN2O4S/c1-8(2)24-17(23)13-9(3)12(14(19)21)16(25-13)20-15(22)10-4-6-11(18)7-5-10/h4-8H,1-3H3,(H2,19,21)(H,20,22). The third-order valence-corrected chi connectivity index (χ3v) is 4.69. The second-order valence-electron chi connectivity index (χ2n) is 5.54. The zero-order valence-corrected chi connectivity index (χ0v) is 15.5. The van der Waals surface area contributed by atoms with E-state index in [9.17, 15) is 14.4 Å². The van der Waals surface area contributed by atoms with E-state index >= 15 is 0 Å². The Balaban J connectivity index is 2.36. The maximum atomic E-state index is 12.4. The molecular weight excluding hydrogens is 364 g/mol. The van der Waals surface area contributed by atoms with Gasteiger partial charge in [-0.15, -0.1) is 11.3 Å². The topological polar surface area (TPSA) is 98.5 Å². The Morgan fingerprint density at radius 3 is 2.32 bits per heavy atom. The zero-order valence-electron chi connectivity index (χ0n) is 13.9. The van der Waals surface area contributed by atoms with Gasteiger partial charge in [-0.2, -0.15) is 0 Å². The summed E-state index contributed by atoms with van der Waals surface area (Å²) in [7, 11) is 0. The van der Waals surface area contributed by atoms with Gasteiger partial charge in [-0.05, 0) is 50.6 Å². The molecular formula is C17H17ClN2O4S. The molecule has 0 aliphatic carbocycles. The van der Waals surface area contributed by atoms with E-state index in [1.54, 1.807) is 45.0 Å². The predicted molar refractivity (Wildman–Crippen MR) is 97.5 cm³/mol. The highest BCUT2D eigenvalue weighted by Gasteiger charge is 2.25. The summed E-state index contributed by atoms with van der Waals surface area (Å²) in [4.78, 5) is 36.5. The first-order chi connectivity index (χ1) is 11.7. The molecule has 2 amide bonds. The number of thiophene rings is 1. The van der Waals surface area contributed by atoms with Crippen LogP contribution in [-0.4, -0.2) is 23.9 Å². The SMILES string of the molecule is Cc1c(C(=O)OC(C)C)sc(NC(=O)c2ccc(Cl)cc2)c1C(N)=O. The lowest BCUT2D eigenvalue weighted by Crippen LogP contribution is -2.17. The van der Waals surface area contributed by atoms with Crippen molar-refractivity contribution >= 4 is 45.7 Å². The summed E-state index contributed by atoms with van der Waals surface area (Å²) in [6.45, 7) is 5.03. The van der Waals surface area contributed by atoms with E-state index < -0.39 is 17.8 Å². The van der Waals surface area contributed by atoms with Crippen molar-refractivity contribution < 1.29 is 19.1 Å². The second kappa shape index (κ2) is 7.67. The van der Waals surface area contributed by atoms with Gasteiger partial charge < -0.3 is 15.8 Å². The van der Waals surface area contributed by atoms with E-state index in [-0.39, 0.29) is 21.5 Å². The Hall–Kier alpha value is -2.38. The van der Waals surface area contributed by atoms with Gasteiger partial charge in [0.15, 0.2) is 0 Å². The number of benzene rings is 1. The van der Waals surface area contributed by atoms with Gasteiger partial charge in [0.05, 0.1) is 11.7 Å². The molecule has 6 nitrogen and oxygen atoms in total. The maximum absolute atomic E-state index is 12.4. The number of nitrogens with two attached hydrogens (primary N) is 1. The molecule has 0 spiro atoms. The van der Waals surface area contributed by atoms with E-state index in [1.165, 1.54) is 0 Å². The summed E-state index contributed by atoms with van der Waals surface area (Å²) >= 11 is 6.76. The highest BCUT2D eigenvalue weighted by molar-refractivity contribution is 7.18. The third-order valence-electron chi connectivity index (χ3n) is 3.25. The largest absolute Gasteiger partial charge is 0.459 e. The first kappa shape index (κ1) is 19.0. The molecule has 0 aliphatic heterocycles. The number of carbonyl (C=O) groups is 3. The van der Waals surface area contributed by atoms with E-state index in [0.29, 0.717) is 16.1 Å². The van der Waals surface area contributed by atoms with Gasteiger partial charge in [0, 0.05) is 10.6 Å². The van der Waals surface area contributed by atoms with Crippen molar-refractivity contribution in [3.63, 3.8) is 0 Å².